The Hall–Kier alpha value is -2.19. The molecule has 0 saturated carbocycles. The van der Waals surface area contributed by atoms with E-state index in [0.29, 0.717) is 4.88 Å². The van der Waals surface area contributed by atoms with Crippen molar-refractivity contribution in [1.82, 2.24) is 9.88 Å². The van der Waals surface area contributed by atoms with Gasteiger partial charge in [0.2, 0.25) is 0 Å². The zero-order chi connectivity index (χ0) is 18.0. The summed E-state index contributed by atoms with van der Waals surface area (Å²) < 4.78 is 39.2. The van der Waals surface area contributed by atoms with E-state index in [0.717, 1.165) is 16.0 Å². The van der Waals surface area contributed by atoms with Crippen LogP contribution in [0.1, 0.15) is 20.8 Å². The van der Waals surface area contributed by atoms with Gasteiger partial charge in [-0.15, -0.1) is 22.7 Å². The van der Waals surface area contributed by atoms with Crippen molar-refractivity contribution in [2.75, 3.05) is 7.05 Å². The van der Waals surface area contributed by atoms with Gasteiger partial charge in [0.15, 0.2) is 0 Å². The van der Waals surface area contributed by atoms with E-state index < -0.39 is 11.7 Å². The molecule has 2 heterocycles. The number of rotatable bonds is 4. The minimum atomic E-state index is -4.45. The molecule has 25 heavy (non-hydrogen) atoms. The molecular formula is C17H13F3N2OS2. The van der Waals surface area contributed by atoms with Crippen molar-refractivity contribution in [3.8, 4) is 9.88 Å². The Morgan fingerprint density at radius 1 is 1.20 bits per heavy atom. The van der Waals surface area contributed by atoms with Gasteiger partial charge >= 0.3 is 6.18 Å². The molecule has 1 amide bonds. The lowest BCUT2D eigenvalue weighted by Crippen LogP contribution is -2.26. The van der Waals surface area contributed by atoms with Crippen LogP contribution in [0, 0.1) is 0 Å². The number of carbonyl (C=O) groups is 1. The van der Waals surface area contributed by atoms with Gasteiger partial charge < -0.3 is 4.90 Å². The summed E-state index contributed by atoms with van der Waals surface area (Å²) in [5.41, 5.74) is -0.660. The largest absolute Gasteiger partial charge is 0.416 e. The summed E-state index contributed by atoms with van der Waals surface area (Å²) in [6, 6.07) is 9.07. The topological polar surface area (TPSA) is 33.2 Å². The average molecular weight is 382 g/mol. The van der Waals surface area contributed by atoms with Crippen LogP contribution >= 0.6 is 22.7 Å². The number of halogens is 3. The molecule has 3 aromatic rings. The van der Waals surface area contributed by atoms with Crippen LogP contribution in [-0.2, 0) is 12.7 Å². The van der Waals surface area contributed by atoms with Gasteiger partial charge in [0.1, 0.15) is 9.88 Å². The number of thiophene rings is 1. The molecular weight excluding hydrogens is 369 g/mol. The van der Waals surface area contributed by atoms with Crippen LogP contribution in [0.25, 0.3) is 9.88 Å². The summed E-state index contributed by atoms with van der Waals surface area (Å²) in [4.78, 5) is 19.4. The van der Waals surface area contributed by atoms with E-state index in [9.17, 15) is 18.0 Å². The van der Waals surface area contributed by atoms with E-state index in [1.165, 1.54) is 59.0 Å². The second kappa shape index (κ2) is 6.97. The number of carbonyl (C=O) groups excluding carboxylic acids is 1. The second-order valence-corrected chi connectivity index (χ2v) is 7.30. The molecule has 0 saturated heterocycles. The van der Waals surface area contributed by atoms with Crippen molar-refractivity contribution >= 4 is 28.6 Å². The van der Waals surface area contributed by atoms with Crippen LogP contribution in [0.15, 0.2) is 48.0 Å². The molecule has 0 spiro atoms. The highest BCUT2D eigenvalue weighted by Gasteiger charge is 2.33. The number of hydrogen-bond acceptors (Lipinski definition) is 4. The highest BCUT2D eigenvalue weighted by Crippen LogP contribution is 2.33. The minimum Gasteiger partial charge on any atom is -0.337 e. The number of benzene rings is 1. The lowest BCUT2D eigenvalue weighted by atomic mass is 10.1. The smallest absolute Gasteiger partial charge is 0.337 e. The van der Waals surface area contributed by atoms with E-state index in [-0.39, 0.29) is 18.0 Å². The first-order valence-electron chi connectivity index (χ1n) is 7.26. The highest BCUT2D eigenvalue weighted by molar-refractivity contribution is 7.21. The highest BCUT2D eigenvalue weighted by atomic mass is 32.1. The molecule has 0 aliphatic carbocycles. The van der Waals surface area contributed by atoms with Gasteiger partial charge in [0.05, 0.1) is 16.6 Å². The van der Waals surface area contributed by atoms with Gasteiger partial charge in [-0.2, -0.15) is 13.2 Å². The average Bonchev–Trinajstić information content (AvgIpc) is 3.24. The molecule has 130 valence electrons. The van der Waals surface area contributed by atoms with Crippen molar-refractivity contribution in [3.63, 3.8) is 0 Å². The standard InChI is InChI=1S/C17H13F3N2OS2/c1-22(10-11-5-2-3-6-12(11)17(18,19)20)16(23)14-9-21-15(25-14)13-7-4-8-24-13/h2-9H,10H2,1H3. The van der Waals surface area contributed by atoms with Gasteiger partial charge in [-0.1, -0.05) is 24.3 Å². The fourth-order valence-corrected chi connectivity index (χ4v) is 4.05. The third kappa shape index (κ3) is 3.91. The molecule has 8 heteroatoms. The van der Waals surface area contributed by atoms with Crippen molar-refractivity contribution < 1.29 is 18.0 Å². The molecule has 0 aliphatic heterocycles. The SMILES string of the molecule is CN(Cc1ccccc1C(F)(F)F)C(=O)c1cnc(-c2cccs2)s1. The predicted octanol–water partition coefficient (Wildman–Crippen LogP) is 5.16. The fourth-order valence-electron chi connectivity index (χ4n) is 2.34. The normalized spacial score (nSPS) is 11.5. The Morgan fingerprint density at radius 3 is 2.64 bits per heavy atom. The fraction of sp³-hybridized carbons (Fsp3) is 0.176. The summed E-state index contributed by atoms with van der Waals surface area (Å²) in [6.07, 6.45) is -2.98. The quantitative estimate of drug-likeness (QED) is 0.624. The Bertz CT molecular complexity index is 872. The molecule has 0 radical (unpaired) electrons. The zero-order valence-electron chi connectivity index (χ0n) is 13.1. The van der Waals surface area contributed by atoms with Gasteiger partial charge in [0, 0.05) is 13.6 Å². The van der Waals surface area contributed by atoms with E-state index in [4.69, 9.17) is 0 Å². The summed E-state index contributed by atoms with van der Waals surface area (Å²) in [7, 11) is 1.49. The third-order valence-corrected chi connectivity index (χ3v) is 5.55. The maximum absolute atomic E-state index is 13.1. The first-order chi connectivity index (χ1) is 11.9. The van der Waals surface area contributed by atoms with Gasteiger partial charge in [-0.25, -0.2) is 4.98 Å². The van der Waals surface area contributed by atoms with E-state index in [2.05, 4.69) is 4.98 Å². The lowest BCUT2D eigenvalue weighted by molar-refractivity contribution is -0.138. The lowest BCUT2D eigenvalue weighted by Gasteiger charge is -2.19. The van der Waals surface area contributed by atoms with E-state index in [1.54, 1.807) is 0 Å². The Kier molecular flexibility index (Phi) is 4.91. The van der Waals surface area contributed by atoms with Crippen LogP contribution < -0.4 is 0 Å². The van der Waals surface area contributed by atoms with Crippen molar-refractivity contribution in [2.24, 2.45) is 0 Å². The van der Waals surface area contributed by atoms with E-state index >= 15 is 0 Å². The molecule has 0 unspecified atom stereocenters. The van der Waals surface area contributed by atoms with Crippen LogP contribution in [-0.4, -0.2) is 22.8 Å². The molecule has 0 aliphatic rings. The number of nitrogens with zero attached hydrogens (tertiary/aromatic N) is 2. The maximum Gasteiger partial charge on any atom is 0.416 e. The van der Waals surface area contributed by atoms with Crippen LogP contribution in [0.2, 0.25) is 0 Å². The molecule has 2 aromatic heterocycles. The van der Waals surface area contributed by atoms with Crippen molar-refractivity contribution in [2.45, 2.75) is 12.7 Å². The second-order valence-electron chi connectivity index (χ2n) is 5.32. The van der Waals surface area contributed by atoms with Gasteiger partial charge in [0.25, 0.3) is 5.91 Å². The molecule has 3 nitrogen and oxygen atoms in total. The number of aromatic nitrogens is 1. The Balaban J connectivity index is 1.78. The number of hydrogen-bond donors (Lipinski definition) is 0. The molecule has 0 fully saturated rings. The van der Waals surface area contributed by atoms with Crippen molar-refractivity contribution in [3.05, 3.63) is 64.0 Å². The first-order valence-corrected chi connectivity index (χ1v) is 8.96. The predicted molar refractivity (Wildman–Crippen MR) is 92.7 cm³/mol. The Morgan fingerprint density at radius 2 is 1.96 bits per heavy atom. The van der Waals surface area contributed by atoms with Crippen LogP contribution in [0.4, 0.5) is 13.2 Å². The number of alkyl halides is 3. The molecule has 0 atom stereocenters. The van der Waals surface area contributed by atoms with E-state index in [1.807, 2.05) is 17.5 Å². The zero-order valence-corrected chi connectivity index (χ0v) is 14.7. The van der Waals surface area contributed by atoms with Gasteiger partial charge in [-0.05, 0) is 23.1 Å². The monoisotopic (exact) mass is 382 g/mol. The summed E-state index contributed by atoms with van der Waals surface area (Å²) in [6.45, 7) is -0.124. The maximum atomic E-state index is 13.1. The minimum absolute atomic E-state index is 0.0637. The summed E-state index contributed by atoms with van der Waals surface area (Å²) >= 11 is 2.75. The van der Waals surface area contributed by atoms with Gasteiger partial charge in [-0.3, -0.25) is 4.79 Å². The first kappa shape index (κ1) is 17.6. The van der Waals surface area contributed by atoms with Crippen LogP contribution in [0.5, 0.6) is 0 Å². The number of amides is 1. The summed E-state index contributed by atoms with van der Waals surface area (Å²) in [5.74, 6) is -0.350. The molecule has 1 aromatic carbocycles. The van der Waals surface area contributed by atoms with Crippen LogP contribution in [0.3, 0.4) is 0 Å². The number of thiazole rings is 1. The molecule has 0 bridgehead atoms. The Labute approximate surface area is 150 Å². The molecule has 0 N–H and O–H groups in total. The third-order valence-electron chi connectivity index (χ3n) is 3.53. The summed E-state index contributed by atoms with van der Waals surface area (Å²) in [5, 5.41) is 2.64. The van der Waals surface area contributed by atoms with Crippen molar-refractivity contribution in [1.29, 1.82) is 0 Å². The molecule has 3 rings (SSSR count).